The Labute approximate surface area is 112 Å². The Morgan fingerprint density at radius 2 is 2.28 bits per heavy atom. The molecule has 0 aromatic heterocycles. The van der Waals surface area contributed by atoms with Crippen LogP contribution in [-0.2, 0) is 0 Å². The van der Waals surface area contributed by atoms with Gasteiger partial charge in [-0.2, -0.15) is 0 Å². The fourth-order valence-corrected chi connectivity index (χ4v) is 2.49. The van der Waals surface area contributed by atoms with Crippen molar-refractivity contribution in [3.63, 3.8) is 0 Å². The standard InChI is InChI=1S/C16H25N2/c1-6-14-11-13(5)18-16(17-8-3)10-9-12(4)15(14)7-2/h7-8,12H,2,6,9-11H2,1,3-5H3/q-1. The predicted octanol–water partition coefficient (Wildman–Crippen LogP) is 4.74. The lowest BCUT2D eigenvalue weighted by Gasteiger charge is -2.21. The molecule has 1 aliphatic heterocycles. The summed E-state index contributed by atoms with van der Waals surface area (Å²) in [6.07, 6.45) is 7.92. The van der Waals surface area contributed by atoms with Gasteiger partial charge in [-0.25, -0.2) is 0 Å². The van der Waals surface area contributed by atoms with Gasteiger partial charge >= 0.3 is 0 Å². The van der Waals surface area contributed by atoms with Crippen LogP contribution in [0.25, 0.3) is 0 Å². The van der Waals surface area contributed by atoms with Crippen LogP contribution in [0.15, 0.2) is 33.8 Å². The number of allylic oxidation sites excluding steroid dienone is 2. The normalized spacial score (nSPS) is 22.6. The second-order valence-corrected chi connectivity index (χ2v) is 4.88. The smallest absolute Gasteiger partial charge is 0.0188 e. The van der Waals surface area contributed by atoms with Crippen LogP contribution in [0.4, 0.5) is 0 Å². The van der Waals surface area contributed by atoms with Crippen LogP contribution >= 0.6 is 0 Å². The van der Waals surface area contributed by atoms with E-state index in [1.165, 1.54) is 11.1 Å². The van der Waals surface area contributed by atoms with Crippen molar-refractivity contribution in [2.45, 2.75) is 53.4 Å². The van der Waals surface area contributed by atoms with Crippen molar-refractivity contribution in [1.82, 2.24) is 0 Å². The first-order valence-electron chi connectivity index (χ1n) is 6.85. The molecule has 0 aliphatic carbocycles. The highest BCUT2D eigenvalue weighted by Gasteiger charge is 2.12. The predicted molar refractivity (Wildman–Crippen MR) is 81.0 cm³/mol. The minimum Gasteiger partial charge on any atom is -0.430 e. The largest absolute Gasteiger partial charge is 0.430 e. The van der Waals surface area contributed by atoms with Gasteiger partial charge in [-0.1, -0.05) is 58.3 Å². The summed E-state index contributed by atoms with van der Waals surface area (Å²) in [4.78, 5) is 9.03. The molecule has 0 radical (unpaired) electrons. The van der Waals surface area contributed by atoms with Crippen LogP contribution in [0.2, 0.25) is 0 Å². The lowest BCUT2D eigenvalue weighted by molar-refractivity contribution is 0.634. The molecule has 2 nitrogen and oxygen atoms in total. The zero-order valence-electron chi connectivity index (χ0n) is 12.2. The lowest BCUT2D eigenvalue weighted by atomic mass is 9.89. The third kappa shape index (κ3) is 3.86. The number of aliphatic imine (C=N–C) groups is 2. The molecule has 0 N–H and O–H groups in total. The van der Waals surface area contributed by atoms with Gasteiger partial charge in [0, 0.05) is 0 Å². The van der Waals surface area contributed by atoms with Crippen molar-refractivity contribution in [1.29, 1.82) is 0 Å². The molecular formula is C16H25N2-. The first-order chi connectivity index (χ1) is 8.62. The Morgan fingerprint density at radius 3 is 2.83 bits per heavy atom. The zero-order chi connectivity index (χ0) is 13.5. The summed E-state index contributed by atoms with van der Waals surface area (Å²) >= 11 is 0. The molecule has 1 atom stereocenters. The minimum absolute atomic E-state index is 0.542. The van der Waals surface area contributed by atoms with Crippen LogP contribution in [0.3, 0.4) is 0 Å². The monoisotopic (exact) mass is 245 g/mol. The Morgan fingerprint density at radius 1 is 1.56 bits per heavy atom. The van der Waals surface area contributed by atoms with E-state index >= 15 is 0 Å². The zero-order valence-corrected chi connectivity index (χ0v) is 12.2. The average molecular weight is 245 g/mol. The molecule has 0 saturated heterocycles. The van der Waals surface area contributed by atoms with Crippen LogP contribution in [0.5, 0.6) is 0 Å². The van der Waals surface area contributed by atoms with Crippen molar-refractivity contribution < 1.29 is 0 Å². The van der Waals surface area contributed by atoms with Gasteiger partial charge < -0.3 is 9.98 Å². The van der Waals surface area contributed by atoms with Crippen LogP contribution in [0, 0.1) is 12.0 Å². The Hall–Kier alpha value is -1.31. The van der Waals surface area contributed by atoms with E-state index in [0.717, 1.165) is 37.6 Å². The number of hydrogen-bond donors (Lipinski definition) is 0. The molecular weight excluding hydrogens is 220 g/mol. The van der Waals surface area contributed by atoms with Gasteiger partial charge in [-0.3, -0.25) is 0 Å². The maximum absolute atomic E-state index is 4.65. The Kier molecular flexibility index (Phi) is 5.90. The summed E-state index contributed by atoms with van der Waals surface area (Å²) < 4.78 is 0. The van der Waals surface area contributed by atoms with Gasteiger partial charge in [-0.15, -0.1) is 6.04 Å². The SMILES string of the molecule is C=CC1=C(CC)C[C-](C)N=C(N=CC)CCC1C. The van der Waals surface area contributed by atoms with Crippen molar-refractivity contribution in [2.24, 2.45) is 15.9 Å². The first kappa shape index (κ1) is 14.7. The van der Waals surface area contributed by atoms with E-state index < -0.39 is 0 Å². The topological polar surface area (TPSA) is 24.7 Å². The van der Waals surface area contributed by atoms with Crippen molar-refractivity contribution >= 4 is 12.1 Å². The molecule has 18 heavy (non-hydrogen) atoms. The minimum atomic E-state index is 0.542. The van der Waals surface area contributed by atoms with E-state index in [1.807, 2.05) is 19.2 Å². The van der Waals surface area contributed by atoms with E-state index in [-0.39, 0.29) is 0 Å². The second-order valence-electron chi connectivity index (χ2n) is 4.88. The van der Waals surface area contributed by atoms with Gasteiger partial charge in [0.1, 0.15) is 0 Å². The third-order valence-electron chi connectivity index (χ3n) is 3.45. The molecule has 2 heteroatoms. The van der Waals surface area contributed by atoms with E-state index in [0.29, 0.717) is 5.92 Å². The van der Waals surface area contributed by atoms with Gasteiger partial charge in [0.15, 0.2) is 0 Å². The van der Waals surface area contributed by atoms with Gasteiger partial charge in [0.05, 0.1) is 0 Å². The van der Waals surface area contributed by atoms with Gasteiger partial charge in [0.2, 0.25) is 0 Å². The number of nitrogens with zero attached hydrogens (tertiary/aromatic N) is 2. The summed E-state index contributed by atoms with van der Waals surface area (Å²) in [7, 11) is 0. The van der Waals surface area contributed by atoms with Crippen LogP contribution in [-0.4, -0.2) is 12.1 Å². The summed E-state index contributed by atoms with van der Waals surface area (Å²) in [5.41, 5.74) is 2.88. The molecule has 1 aliphatic rings. The van der Waals surface area contributed by atoms with E-state index in [9.17, 15) is 0 Å². The third-order valence-corrected chi connectivity index (χ3v) is 3.45. The highest BCUT2D eigenvalue weighted by Crippen LogP contribution is 2.30. The highest BCUT2D eigenvalue weighted by molar-refractivity contribution is 5.89. The average Bonchev–Trinajstić information content (AvgIpc) is 2.40. The highest BCUT2D eigenvalue weighted by atomic mass is 14.9. The molecule has 0 spiro atoms. The fraction of sp³-hybridized carbons (Fsp3) is 0.562. The van der Waals surface area contributed by atoms with Crippen molar-refractivity contribution in [2.75, 3.05) is 0 Å². The number of amidine groups is 1. The van der Waals surface area contributed by atoms with E-state index in [1.54, 1.807) is 0 Å². The number of rotatable bonds is 2. The van der Waals surface area contributed by atoms with Gasteiger partial charge in [-0.05, 0) is 36.9 Å². The first-order valence-corrected chi connectivity index (χ1v) is 6.85. The molecule has 1 unspecified atom stereocenters. The molecule has 100 valence electrons. The summed E-state index contributed by atoms with van der Waals surface area (Å²) in [6, 6.07) is 1.15. The van der Waals surface area contributed by atoms with Gasteiger partial charge in [0.25, 0.3) is 0 Å². The van der Waals surface area contributed by atoms with E-state index in [4.69, 9.17) is 0 Å². The Bertz CT molecular complexity index is 375. The van der Waals surface area contributed by atoms with Crippen LogP contribution < -0.4 is 0 Å². The number of hydrogen-bond acceptors (Lipinski definition) is 2. The van der Waals surface area contributed by atoms with Crippen molar-refractivity contribution in [3.8, 4) is 0 Å². The quantitative estimate of drug-likeness (QED) is 0.496. The lowest BCUT2D eigenvalue weighted by Crippen LogP contribution is -2.03. The summed E-state index contributed by atoms with van der Waals surface area (Å²) in [5, 5.41) is 0. The molecule has 0 amide bonds. The summed E-state index contributed by atoms with van der Waals surface area (Å²) in [6.45, 7) is 12.5. The molecule has 0 fully saturated rings. The van der Waals surface area contributed by atoms with E-state index in [2.05, 4.69) is 37.3 Å². The molecule has 0 saturated carbocycles. The molecule has 1 rings (SSSR count). The molecule has 1 heterocycles. The molecule has 0 aromatic rings. The summed E-state index contributed by atoms with van der Waals surface area (Å²) in [5.74, 6) is 1.50. The Balaban J connectivity index is 3.05. The molecule has 0 bridgehead atoms. The maximum atomic E-state index is 4.65. The molecule has 0 aromatic carbocycles. The maximum Gasteiger partial charge on any atom is -0.0188 e. The second kappa shape index (κ2) is 7.20. The van der Waals surface area contributed by atoms with Crippen molar-refractivity contribution in [3.05, 3.63) is 29.8 Å². The van der Waals surface area contributed by atoms with Crippen LogP contribution in [0.1, 0.15) is 53.4 Å². The fourth-order valence-electron chi connectivity index (χ4n) is 2.49.